The fourth-order valence-electron chi connectivity index (χ4n) is 1.48. The number of anilines is 1. The van der Waals surface area contributed by atoms with Crippen molar-refractivity contribution in [3.8, 4) is 5.75 Å². The van der Waals surface area contributed by atoms with E-state index in [9.17, 15) is 4.79 Å². The Morgan fingerprint density at radius 3 is 2.68 bits per heavy atom. The van der Waals surface area contributed by atoms with Crippen LogP contribution in [-0.2, 0) is 6.54 Å². The van der Waals surface area contributed by atoms with Gasteiger partial charge >= 0.3 is 6.03 Å². The summed E-state index contributed by atoms with van der Waals surface area (Å²) >= 11 is 1.44. The zero-order valence-electron chi connectivity index (χ0n) is 10.8. The molecule has 0 fully saturated rings. The lowest BCUT2D eigenvalue weighted by atomic mass is 10.2. The van der Waals surface area contributed by atoms with E-state index in [4.69, 9.17) is 4.74 Å². The molecule has 5 nitrogen and oxygen atoms in total. The zero-order chi connectivity index (χ0) is 13.7. The highest BCUT2D eigenvalue weighted by Crippen LogP contribution is 2.16. The first-order valence-corrected chi connectivity index (χ1v) is 6.59. The van der Waals surface area contributed by atoms with E-state index >= 15 is 0 Å². The first kappa shape index (κ1) is 13.4. The van der Waals surface area contributed by atoms with Crippen molar-refractivity contribution in [2.45, 2.75) is 13.5 Å². The molecule has 19 heavy (non-hydrogen) atoms. The van der Waals surface area contributed by atoms with Gasteiger partial charge in [0.2, 0.25) is 0 Å². The molecule has 0 saturated carbocycles. The van der Waals surface area contributed by atoms with Gasteiger partial charge in [0.25, 0.3) is 0 Å². The molecule has 0 saturated heterocycles. The van der Waals surface area contributed by atoms with Gasteiger partial charge in [-0.2, -0.15) is 0 Å². The van der Waals surface area contributed by atoms with Crippen LogP contribution in [-0.4, -0.2) is 18.1 Å². The van der Waals surface area contributed by atoms with Gasteiger partial charge in [-0.05, 0) is 24.6 Å². The van der Waals surface area contributed by atoms with E-state index in [1.54, 1.807) is 13.3 Å². The molecule has 2 aromatic rings. The van der Waals surface area contributed by atoms with Crippen LogP contribution >= 0.6 is 11.3 Å². The minimum absolute atomic E-state index is 0.259. The van der Waals surface area contributed by atoms with E-state index in [2.05, 4.69) is 15.6 Å². The topological polar surface area (TPSA) is 63.2 Å². The third-order valence-corrected chi connectivity index (χ3v) is 3.28. The van der Waals surface area contributed by atoms with Crippen molar-refractivity contribution in [2.75, 3.05) is 12.4 Å². The average Bonchev–Trinajstić information content (AvgIpc) is 2.82. The number of hydrogen-bond acceptors (Lipinski definition) is 4. The molecule has 0 aliphatic carbocycles. The van der Waals surface area contributed by atoms with E-state index in [0.29, 0.717) is 11.7 Å². The highest BCUT2D eigenvalue weighted by atomic mass is 32.1. The fourth-order valence-corrected chi connectivity index (χ4v) is 2.14. The lowest BCUT2D eigenvalue weighted by molar-refractivity contribution is 0.251. The largest absolute Gasteiger partial charge is 0.497 e. The number of aromatic nitrogens is 1. The number of urea groups is 1. The number of carbonyl (C=O) groups is 1. The first-order valence-electron chi connectivity index (χ1n) is 5.77. The number of aryl methyl sites for hydroxylation is 1. The number of rotatable bonds is 4. The van der Waals surface area contributed by atoms with Crippen molar-refractivity contribution in [2.24, 2.45) is 0 Å². The molecule has 2 N–H and O–H groups in total. The predicted molar refractivity (Wildman–Crippen MR) is 75.7 cm³/mol. The van der Waals surface area contributed by atoms with Crippen LogP contribution in [0.5, 0.6) is 5.75 Å². The van der Waals surface area contributed by atoms with E-state index < -0.39 is 0 Å². The number of amides is 2. The Balaban J connectivity index is 1.82. The second-order valence-corrected chi connectivity index (χ2v) is 5.17. The highest BCUT2D eigenvalue weighted by molar-refractivity contribution is 7.15. The number of benzene rings is 1. The normalized spacial score (nSPS) is 10.0. The first-order chi connectivity index (χ1) is 9.17. The molecule has 2 rings (SSSR count). The van der Waals surface area contributed by atoms with Crippen LogP contribution in [0.4, 0.5) is 9.93 Å². The van der Waals surface area contributed by atoms with E-state index in [0.717, 1.165) is 16.2 Å². The Morgan fingerprint density at radius 2 is 2.11 bits per heavy atom. The lowest BCUT2D eigenvalue weighted by Gasteiger charge is -2.06. The van der Waals surface area contributed by atoms with Crippen molar-refractivity contribution in [3.05, 3.63) is 40.9 Å². The van der Waals surface area contributed by atoms with Gasteiger partial charge in [-0.25, -0.2) is 9.78 Å². The average molecular weight is 277 g/mol. The predicted octanol–water partition coefficient (Wildman–Crippen LogP) is 2.78. The van der Waals surface area contributed by atoms with Crippen molar-refractivity contribution in [1.82, 2.24) is 10.3 Å². The third-order valence-electron chi connectivity index (χ3n) is 2.45. The number of thiazole rings is 1. The van der Waals surface area contributed by atoms with E-state index in [-0.39, 0.29) is 6.03 Å². The standard InChI is InChI=1S/C13H15N3O2S/c1-9-7-15-13(19-9)16-12(17)14-8-10-3-5-11(18-2)6-4-10/h3-7H,8H2,1-2H3,(H2,14,15,16,17). The van der Waals surface area contributed by atoms with Gasteiger partial charge in [-0.3, -0.25) is 5.32 Å². The fraction of sp³-hybridized carbons (Fsp3) is 0.231. The molecule has 0 atom stereocenters. The quantitative estimate of drug-likeness (QED) is 0.903. The van der Waals surface area contributed by atoms with Crippen LogP contribution in [0.3, 0.4) is 0 Å². The summed E-state index contributed by atoms with van der Waals surface area (Å²) in [6.45, 7) is 2.40. The zero-order valence-corrected chi connectivity index (χ0v) is 11.6. The van der Waals surface area contributed by atoms with Gasteiger partial charge in [-0.15, -0.1) is 11.3 Å². The summed E-state index contributed by atoms with van der Waals surface area (Å²) < 4.78 is 5.07. The van der Waals surface area contributed by atoms with Crippen molar-refractivity contribution < 1.29 is 9.53 Å². The van der Waals surface area contributed by atoms with Gasteiger partial charge in [0.1, 0.15) is 5.75 Å². The number of hydrogen-bond donors (Lipinski definition) is 2. The van der Waals surface area contributed by atoms with E-state index in [1.807, 2.05) is 31.2 Å². The van der Waals surface area contributed by atoms with Crippen LogP contribution in [0.25, 0.3) is 0 Å². The molecular weight excluding hydrogens is 262 g/mol. The summed E-state index contributed by atoms with van der Waals surface area (Å²) in [7, 11) is 1.62. The lowest BCUT2D eigenvalue weighted by Crippen LogP contribution is -2.28. The Kier molecular flexibility index (Phi) is 4.35. The molecule has 6 heteroatoms. The molecule has 0 unspecified atom stereocenters. The summed E-state index contributed by atoms with van der Waals surface area (Å²) in [6.07, 6.45) is 1.73. The molecule has 1 heterocycles. The molecule has 2 amide bonds. The minimum Gasteiger partial charge on any atom is -0.497 e. The van der Waals surface area contributed by atoms with Gasteiger partial charge in [0.05, 0.1) is 7.11 Å². The molecule has 100 valence electrons. The molecule has 0 spiro atoms. The number of nitrogens with zero attached hydrogens (tertiary/aromatic N) is 1. The second kappa shape index (κ2) is 6.19. The maximum absolute atomic E-state index is 11.6. The van der Waals surface area contributed by atoms with Crippen LogP contribution in [0, 0.1) is 6.92 Å². The SMILES string of the molecule is COc1ccc(CNC(=O)Nc2ncc(C)s2)cc1. The summed E-state index contributed by atoms with van der Waals surface area (Å²) in [5.74, 6) is 0.798. The Bertz CT molecular complexity index is 551. The van der Waals surface area contributed by atoms with Gasteiger partial charge < -0.3 is 10.1 Å². The molecule has 0 aliphatic heterocycles. The van der Waals surface area contributed by atoms with Crippen molar-refractivity contribution >= 4 is 22.5 Å². The van der Waals surface area contributed by atoms with Crippen LogP contribution < -0.4 is 15.4 Å². The number of ether oxygens (including phenoxy) is 1. The summed E-state index contributed by atoms with van der Waals surface area (Å²) in [6, 6.07) is 7.28. The van der Waals surface area contributed by atoms with Crippen LogP contribution in [0.2, 0.25) is 0 Å². The van der Waals surface area contributed by atoms with Crippen molar-refractivity contribution in [1.29, 1.82) is 0 Å². The number of carbonyl (C=O) groups excluding carboxylic acids is 1. The molecule has 1 aromatic heterocycles. The van der Waals surface area contributed by atoms with Gasteiger partial charge in [0, 0.05) is 17.6 Å². The monoisotopic (exact) mass is 277 g/mol. The Labute approximate surface area is 115 Å². The maximum Gasteiger partial charge on any atom is 0.321 e. The van der Waals surface area contributed by atoms with Crippen LogP contribution in [0.15, 0.2) is 30.5 Å². The van der Waals surface area contributed by atoms with Gasteiger partial charge in [0.15, 0.2) is 5.13 Å². The Morgan fingerprint density at radius 1 is 1.37 bits per heavy atom. The summed E-state index contributed by atoms with van der Waals surface area (Å²) in [4.78, 5) is 16.8. The second-order valence-electron chi connectivity index (χ2n) is 3.93. The smallest absolute Gasteiger partial charge is 0.321 e. The highest BCUT2D eigenvalue weighted by Gasteiger charge is 2.04. The molecular formula is C13H15N3O2S. The maximum atomic E-state index is 11.6. The Hall–Kier alpha value is -2.08. The summed E-state index contributed by atoms with van der Waals surface area (Å²) in [5, 5.41) is 6.06. The van der Waals surface area contributed by atoms with Gasteiger partial charge in [-0.1, -0.05) is 12.1 Å². The molecule has 0 bridgehead atoms. The summed E-state index contributed by atoms with van der Waals surface area (Å²) in [5.41, 5.74) is 1.01. The van der Waals surface area contributed by atoms with E-state index in [1.165, 1.54) is 11.3 Å². The minimum atomic E-state index is -0.259. The molecule has 0 radical (unpaired) electrons. The van der Waals surface area contributed by atoms with Crippen molar-refractivity contribution in [3.63, 3.8) is 0 Å². The molecule has 1 aromatic carbocycles. The number of nitrogens with one attached hydrogen (secondary N) is 2. The number of methoxy groups -OCH3 is 1. The third kappa shape index (κ3) is 3.96. The molecule has 0 aliphatic rings. The van der Waals surface area contributed by atoms with Crippen LogP contribution in [0.1, 0.15) is 10.4 Å².